The summed E-state index contributed by atoms with van der Waals surface area (Å²) in [5.41, 5.74) is 2.84. The van der Waals surface area contributed by atoms with E-state index in [4.69, 9.17) is 26.1 Å². The van der Waals surface area contributed by atoms with Crippen LogP contribution < -0.4 is 19.7 Å². The fourth-order valence-electron chi connectivity index (χ4n) is 3.88. The van der Waals surface area contributed by atoms with Crippen LogP contribution in [0.3, 0.4) is 0 Å². The molecule has 1 heterocycles. The smallest absolute Gasteiger partial charge is 0.271 e. The van der Waals surface area contributed by atoms with Crippen molar-refractivity contribution >= 4 is 63.5 Å². The molecule has 0 spiro atoms. The molecule has 4 aromatic rings. The monoisotopic (exact) mass is 569 g/mol. The minimum Gasteiger partial charge on any atom is -0.493 e. The third-order valence-corrected chi connectivity index (χ3v) is 6.99. The van der Waals surface area contributed by atoms with Gasteiger partial charge in [0.2, 0.25) is 0 Å². The van der Waals surface area contributed by atoms with Crippen molar-refractivity contribution in [2.24, 2.45) is 4.99 Å². The van der Waals surface area contributed by atoms with Crippen LogP contribution in [-0.4, -0.2) is 30.7 Å². The highest BCUT2D eigenvalue weighted by Crippen LogP contribution is 2.38. The maximum Gasteiger partial charge on any atom is 0.271 e. The second-order valence-electron chi connectivity index (χ2n) is 8.57. The second kappa shape index (κ2) is 12.5. The molecule has 0 aliphatic carbocycles. The number of carbonyl (C=O) groups is 2. The van der Waals surface area contributed by atoms with Crippen molar-refractivity contribution in [3.8, 4) is 11.5 Å². The van der Waals surface area contributed by atoms with Gasteiger partial charge in [-0.15, -0.1) is 0 Å². The number of anilines is 2. The lowest BCUT2D eigenvalue weighted by Crippen LogP contribution is -2.28. The first-order chi connectivity index (χ1) is 19.5. The van der Waals surface area contributed by atoms with Crippen molar-refractivity contribution in [3.05, 3.63) is 119 Å². The Labute approximate surface area is 241 Å². The standard InChI is InChI=1S/C31H24ClN3O4S/c1-38-27-18-21(12-17-26(27)39-20-29(36)33-24-15-13-22(32)14-16-24)19-28-30(37)35(25-10-6-3-7-11-25)31(40-28)34-23-8-4-2-5-9-23/h2-19H,20H2,1H3,(H,33,36)/b28-19-,34-31?. The molecule has 1 N–H and O–H groups in total. The first-order valence-corrected chi connectivity index (χ1v) is 13.5. The molecule has 0 aromatic heterocycles. The second-order valence-corrected chi connectivity index (χ2v) is 10.0. The first-order valence-electron chi connectivity index (χ1n) is 12.3. The van der Waals surface area contributed by atoms with Crippen molar-refractivity contribution in [2.45, 2.75) is 0 Å². The van der Waals surface area contributed by atoms with Gasteiger partial charge in [0.1, 0.15) is 0 Å². The van der Waals surface area contributed by atoms with Gasteiger partial charge in [0.05, 0.1) is 23.4 Å². The van der Waals surface area contributed by atoms with Gasteiger partial charge in [-0.1, -0.05) is 54.1 Å². The first kappa shape index (κ1) is 27.1. The number of hydrogen-bond donors (Lipinski definition) is 1. The third kappa shape index (κ3) is 6.54. The molecule has 1 aliphatic heterocycles. The van der Waals surface area contributed by atoms with E-state index in [0.29, 0.717) is 32.3 Å². The number of ether oxygens (including phenoxy) is 2. The van der Waals surface area contributed by atoms with Crippen LogP contribution in [-0.2, 0) is 9.59 Å². The van der Waals surface area contributed by atoms with Crippen molar-refractivity contribution in [1.82, 2.24) is 0 Å². The highest BCUT2D eigenvalue weighted by Gasteiger charge is 2.34. The number of methoxy groups -OCH3 is 1. The van der Waals surface area contributed by atoms with Crippen molar-refractivity contribution in [1.29, 1.82) is 0 Å². The Morgan fingerprint density at radius 1 is 0.950 bits per heavy atom. The summed E-state index contributed by atoms with van der Waals surface area (Å²) in [6, 6.07) is 31.0. The van der Waals surface area contributed by atoms with Gasteiger partial charge in [0, 0.05) is 10.7 Å². The van der Waals surface area contributed by atoms with Crippen LogP contribution in [0.1, 0.15) is 5.56 Å². The largest absolute Gasteiger partial charge is 0.493 e. The lowest BCUT2D eigenvalue weighted by Gasteiger charge is -2.15. The van der Waals surface area contributed by atoms with Gasteiger partial charge in [0.15, 0.2) is 23.3 Å². The number of rotatable bonds is 8. The molecule has 5 rings (SSSR count). The fourth-order valence-corrected chi connectivity index (χ4v) is 5.01. The highest BCUT2D eigenvalue weighted by molar-refractivity contribution is 8.19. The molecule has 7 nitrogen and oxygen atoms in total. The molecule has 0 bridgehead atoms. The molecule has 1 saturated heterocycles. The predicted molar refractivity (Wildman–Crippen MR) is 162 cm³/mol. The number of nitrogens with zero attached hydrogens (tertiary/aromatic N) is 2. The van der Waals surface area contributed by atoms with Crippen molar-refractivity contribution in [2.75, 3.05) is 23.9 Å². The van der Waals surface area contributed by atoms with E-state index in [1.807, 2.05) is 60.7 Å². The maximum absolute atomic E-state index is 13.5. The van der Waals surface area contributed by atoms with Crippen LogP contribution in [0.15, 0.2) is 113 Å². The normalized spacial score (nSPS) is 14.9. The number of aliphatic imine (C=N–C) groups is 1. The van der Waals surface area contributed by atoms with Crippen LogP contribution in [0.2, 0.25) is 5.02 Å². The molecule has 2 amide bonds. The molecular formula is C31H24ClN3O4S. The van der Waals surface area contributed by atoms with E-state index in [2.05, 4.69) is 5.32 Å². The molecule has 1 aliphatic rings. The summed E-state index contributed by atoms with van der Waals surface area (Å²) in [4.78, 5) is 32.7. The van der Waals surface area contributed by atoms with E-state index < -0.39 is 0 Å². The fraction of sp³-hybridized carbons (Fsp3) is 0.0645. The summed E-state index contributed by atoms with van der Waals surface area (Å²) in [7, 11) is 1.52. The Balaban J connectivity index is 1.34. The van der Waals surface area contributed by atoms with Crippen LogP contribution >= 0.6 is 23.4 Å². The number of amidine groups is 1. The number of amides is 2. The Kier molecular flexibility index (Phi) is 8.49. The zero-order valence-electron chi connectivity index (χ0n) is 21.4. The lowest BCUT2D eigenvalue weighted by atomic mass is 10.2. The summed E-state index contributed by atoms with van der Waals surface area (Å²) >= 11 is 7.19. The molecule has 0 radical (unpaired) electrons. The SMILES string of the molecule is COc1cc(/C=C2\SC(=Nc3ccccc3)N(c3ccccc3)C2=O)ccc1OCC(=O)Nc1ccc(Cl)cc1. The summed E-state index contributed by atoms with van der Waals surface area (Å²) < 4.78 is 11.2. The zero-order chi connectivity index (χ0) is 27.9. The Morgan fingerprint density at radius 3 is 2.35 bits per heavy atom. The van der Waals surface area contributed by atoms with Crippen LogP contribution in [0, 0.1) is 0 Å². The van der Waals surface area contributed by atoms with Crippen molar-refractivity contribution in [3.63, 3.8) is 0 Å². The average Bonchev–Trinajstić information content (AvgIpc) is 3.28. The molecule has 1 fully saturated rings. The lowest BCUT2D eigenvalue weighted by molar-refractivity contribution is -0.118. The Hall–Kier alpha value is -4.53. The number of thioether (sulfide) groups is 1. The number of hydrogen-bond acceptors (Lipinski definition) is 6. The van der Waals surface area contributed by atoms with E-state index in [1.54, 1.807) is 53.4 Å². The molecule has 0 unspecified atom stereocenters. The summed E-state index contributed by atoms with van der Waals surface area (Å²) in [6.45, 7) is -0.209. The number of benzene rings is 4. The van der Waals surface area contributed by atoms with E-state index in [0.717, 1.165) is 16.9 Å². The van der Waals surface area contributed by atoms with Gasteiger partial charge < -0.3 is 14.8 Å². The van der Waals surface area contributed by atoms with E-state index in [1.165, 1.54) is 18.9 Å². The minimum atomic E-state index is -0.324. The minimum absolute atomic E-state index is 0.177. The Bertz CT molecular complexity index is 1580. The average molecular weight is 570 g/mol. The van der Waals surface area contributed by atoms with Gasteiger partial charge in [-0.2, -0.15) is 0 Å². The number of para-hydroxylation sites is 2. The summed E-state index contributed by atoms with van der Waals surface area (Å²) in [5.74, 6) is 0.333. The van der Waals surface area contributed by atoms with Gasteiger partial charge in [-0.3, -0.25) is 14.5 Å². The van der Waals surface area contributed by atoms with Gasteiger partial charge in [-0.05, 0) is 84.1 Å². The quantitative estimate of drug-likeness (QED) is 0.227. The maximum atomic E-state index is 13.5. The predicted octanol–water partition coefficient (Wildman–Crippen LogP) is 7.17. The topological polar surface area (TPSA) is 80.2 Å². The Morgan fingerprint density at radius 2 is 1.65 bits per heavy atom. The molecule has 40 heavy (non-hydrogen) atoms. The van der Waals surface area contributed by atoms with Crippen LogP contribution in [0.5, 0.6) is 11.5 Å². The summed E-state index contributed by atoms with van der Waals surface area (Å²) in [6.07, 6.45) is 1.79. The van der Waals surface area contributed by atoms with Gasteiger partial charge in [0.25, 0.3) is 11.8 Å². The molecular weight excluding hydrogens is 546 g/mol. The van der Waals surface area contributed by atoms with E-state index in [-0.39, 0.29) is 18.4 Å². The number of carbonyl (C=O) groups excluding carboxylic acids is 2. The molecule has 200 valence electrons. The summed E-state index contributed by atoms with van der Waals surface area (Å²) in [5, 5.41) is 3.90. The zero-order valence-corrected chi connectivity index (χ0v) is 23.0. The highest BCUT2D eigenvalue weighted by atomic mass is 35.5. The van der Waals surface area contributed by atoms with Crippen LogP contribution in [0.25, 0.3) is 6.08 Å². The van der Waals surface area contributed by atoms with Crippen molar-refractivity contribution < 1.29 is 19.1 Å². The molecule has 0 saturated carbocycles. The number of halogens is 1. The van der Waals surface area contributed by atoms with E-state index >= 15 is 0 Å². The van der Waals surface area contributed by atoms with E-state index in [9.17, 15) is 9.59 Å². The number of nitrogens with one attached hydrogen (secondary N) is 1. The van der Waals surface area contributed by atoms with Gasteiger partial charge >= 0.3 is 0 Å². The third-order valence-electron chi connectivity index (χ3n) is 5.77. The molecule has 4 aromatic carbocycles. The van der Waals surface area contributed by atoms with Gasteiger partial charge in [-0.25, -0.2) is 4.99 Å². The molecule has 0 atom stereocenters. The van der Waals surface area contributed by atoms with Crippen LogP contribution in [0.4, 0.5) is 17.1 Å². The molecule has 9 heteroatoms.